The zero-order valence-electron chi connectivity index (χ0n) is 14.7. The van der Waals surface area contributed by atoms with Gasteiger partial charge in [-0.3, -0.25) is 0 Å². The van der Waals surface area contributed by atoms with Gasteiger partial charge in [-0.05, 0) is 61.1 Å². The Balaban J connectivity index is 1.64. The van der Waals surface area contributed by atoms with Gasteiger partial charge in [-0.15, -0.1) is 11.3 Å². The molecule has 6 heteroatoms. The number of aliphatic hydroxyl groups excluding tert-OH is 1. The van der Waals surface area contributed by atoms with E-state index in [-0.39, 0.29) is 11.2 Å². The van der Waals surface area contributed by atoms with E-state index in [9.17, 15) is 9.50 Å². The van der Waals surface area contributed by atoms with Gasteiger partial charge in [-0.2, -0.15) is 5.10 Å². The minimum Gasteiger partial charge on any atom is -0.386 e. The van der Waals surface area contributed by atoms with Crippen molar-refractivity contribution >= 4 is 17.4 Å². The maximum absolute atomic E-state index is 13.2. The molecule has 2 heterocycles. The fourth-order valence-electron chi connectivity index (χ4n) is 3.56. The number of aromatic nitrogens is 3. The molecule has 0 bridgehead atoms. The Morgan fingerprint density at radius 3 is 2.81 bits per heavy atom. The fraction of sp³-hybridized carbons (Fsp3) is 0.300. The molecule has 0 spiro atoms. The molecule has 1 N–H and O–H groups in total. The summed E-state index contributed by atoms with van der Waals surface area (Å²) < 4.78 is 15.0. The second-order valence-corrected chi connectivity index (χ2v) is 8.02. The van der Waals surface area contributed by atoms with E-state index < -0.39 is 6.10 Å². The van der Waals surface area contributed by atoms with Gasteiger partial charge in [0.15, 0.2) is 0 Å². The average molecular weight is 369 g/mol. The van der Waals surface area contributed by atoms with Gasteiger partial charge in [0, 0.05) is 11.6 Å². The number of thiazole rings is 1. The summed E-state index contributed by atoms with van der Waals surface area (Å²) in [5.41, 5.74) is 4.03. The highest BCUT2D eigenvalue weighted by Crippen LogP contribution is 2.44. The van der Waals surface area contributed by atoms with Crippen molar-refractivity contribution in [1.82, 2.24) is 14.8 Å². The van der Waals surface area contributed by atoms with Crippen LogP contribution >= 0.6 is 11.3 Å². The monoisotopic (exact) mass is 369 g/mol. The first-order chi connectivity index (χ1) is 12.5. The highest BCUT2D eigenvalue weighted by atomic mass is 32.1. The number of rotatable bonds is 4. The summed E-state index contributed by atoms with van der Waals surface area (Å²) in [7, 11) is 0. The molecule has 4 nitrogen and oxygen atoms in total. The van der Waals surface area contributed by atoms with E-state index >= 15 is 0 Å². The first-order valence-corrected chi connectivity index (χ1v) is 9.43. The van der Waals surface area contributed by atoms with Crippen LogP contribution in [0.15, 0.2) is 47.6 Å². The molecule has 1 unspecified atom stereocenters. The van der Waals surface area contributed by atoms with Crippen molar-refractivity contribution in [3.8, 4) is 5.69 Å². The van der Waals surface area contributed by atoms with Gasteiger partial charge in [0.25, 0.3) is 0 Å². The van der Waals surface area contributed by atoms with Crippen molar-refractivity contribution in [1.29, 1.82) is 0 Å². The lowest BCUT2D eigenvalue weighted by Gasteiger charge is -2.35. The highest BCUT2D eigenvalue weighted by Gasteiger charge is 2.35. The van der Waals surface area contributed by atoms with Crippen LogP contribution in [0.1, 0.15) is 42.6 Å². The minimum absolute atomic E-state index is 0.158. The molecule has 2 aromatic heterocycles. The van der Waals surface area contributed by atoms with Crippen molar-refractivity contribution in [2.24, 2.45) is 5.41 Å². The number of hydrogen-bond acceptors (Lipinski definition) is 4. The maximum Gasteiger partial charge on any atom is 0.123 e. The highest BCUT2D eigenvalue weighted by molar-refractivity contribution is 7.09. The Bertz CT molecular complexity index is 946. The summed E-state index contributed by atoms with van der Waals surface area (Å²) in [6.45, 7) is 4.27. The number of benzene rings is 1. The summed E-state index contributed by atoms with van der Waals surface area (Å²) in [5.74, 6) is -0.259. The molecule has 3 aromatic rings. The van der Waals surface area contributed by atoms with Crippen LogP contribution in [0, 0.1) is 11.2 Å². The summed E-state index contributed by atoms with van der Waals surface area (Å²) in [6.07, 6.45) is 6.56. The molecule has 134 valence electrons. The quantitative estimate of drug-likeness (QED) is 0.734. The molecule has 4 rings (SSSR count). The molecule has 26 heavy (non-hydrogen) atoms. The van der Waals surface area contributed by atoms with E-state index in [0.717, 1.165) is 28.4 Å². The van der Waals surface area contributed by atoms with Crippen LogP contribution < -0.4 is 0 Å². The van der Waals surface area contributed by atoms with Crippen LogP contribution in [0.25, 0.3) is 11.8 Å². The predicted octanol–water partition coefficient (Wildman–Crippen LogP) is 4.56. The largest absolute Gasteiger partial charge is 0.386 e. The zero-order valence-corrected chi connectivity index (χ0v) is 15.5. The standard InChI is InChI=1S/C20H20FN3OS/c1-13-9-17-14(12-23-24(17)16-5-3-15(21)4-6-16)10-20(13,2)11-18(25)19-22-7-8-26-19/h3-9,12,18,25H,10-11H2,1-2H3/t18?,20-/m0/s1. The Kier molecular flexibility index (Phi) is 4.25. The number of allylic oxidation sites excluding steroid dienone is 1. The molecule has 0 saturated heterocycles. The Hall–Kier alpha value is -2.31. The second kappa shape index (κ2) is 6.45. The van der Waals surface area contributed by atoms with Crippen LogP contribution in [0.5, 0.6) is 0 Å². The van der Waals surface area contributed by atoms with E-state index in [1.54, 1.807) is 18.3 Å². The van der Waals surface area contributed by atoms with E-state index in [1.165, 1.54) is 29.0 Å². The Labute approximate surface area is 155 Å². The van der Waals surface area contributed by atoms with Crippen LogP contribution in [0.4, 0.5) is 4.39 Å². The number of halogens is 1. The summed E-state index contributed by atoms with van der Waals surface area (Å²) >= 11 is 1.48. The second-order valence-electron chi connectivity index (χ2n) is 7.10. The number of fused-ring (bicyclic) bond motifs is 1. The number of nitrogens with zero attached hydrogens (tertiary/aromatic N) is 3. The third kappa shape index (κ3) is 2.99. The zero-order chi connectivity index (χ0) is 18.3. The van der Waals surface area contributed by atoms with Gasteiger partial charge >= 0.3 is 0 Å². The molecule has 2 atom stereocenters. The van der Waals surface area contributed by atoms with Crippen molar-refractivity contribution in [2.75, 3.05) is 0 Å². The summed E-state index contributed by atoms with van der Waals surface area (Å²) in [4.78, 5) is 4.23. The molecule has 0 amide bonds. The summed E-state index contributed by atoms with van der Waals surface area (Å²) in [5, 5.41) is 17.7. The van der Waals surface area contributed by atoms with Crippen molar-refractivity contribution in [3.05, 3.63) is 69.7 Å². The van der Waals surface area contributed by atoms with Gasteiger partial charge in [0.1, 0.15) is 16.9 Å². The fourth-order valence-corrected chi connectivity index (χ4v) is 4.18. The number of aliphatic hydroxyl groups is 1. The van der Waals surface area contributed by atoms with E-state index in [4.69, 9.17) is 0 Å². The topological polar surface area (TPSA) is 50.9 Å². The molecule has 1 aliphatic rings. The first kappa shape index (κ1) is 17.1. The molecular weight excluding hydrogens is 349 g/mol. The third-order valence-electron chi connectivity index (χ3n) is 5.22. The lowest BCUT2D eigenvalue weighted by molar-refractivity contribution is 0.121. The van der Waals surface area contributed by atoms with Crippen molar-refractivity contribution < 1.29 is 9.50 Å². The first-order valence-electron chi connectivity index (χ1n) is 8.55. The molecule has 0 aliphatic heterocycles. The average Bonchev–Trinajstić information content (AvgIpc) is 3.26. The molecular formula is C20H20FN3OS. The van der Waals surface area contributed by atoms with Gasteiger partial charge < -0.3 is 5.11 Å². The van der Waals surface area contributed by atoms with Crippen LogP contribution in [-0.2, 0) is 6.42 Å². The van der Waals surface area contributed by atoms with Gasteiger partial charge in [0.2, 0.25) is 0 Å². The Morgan fingerprint density at radius 1 is 1.35 bits per heavy atom. The molecule has 1 aromatic carbocycles. The molecule has 1 aliphatic carbocycles. The SMILES string of the molecule is CC1=Cc2c(cnn2-c2ccc(F)cc2)C[C@@]1(C)CC(O)c1nccs1. The number of hydrogen-bond donors (Lipinski definition) is 1. The van der Waals surface area contributed by atoms with Crippen molar-refractivity contribution in [3.63, 3.8) is 0 Å². The minimum atomic E-state index is -0.572. The van der Waals surface area contributed by atoms with Crippen molar-refractivity contribution in [2.45, 2.75) is 32.8 Å². The Morgan fingerprint density at radius 2 is 2.12 bits per heavy atom. The summed E-state index contributed by atoms with van der Waals surface area (Å²) in [6, 6.07) is 6.34. The lowest BCUT2D eigenvalue weighted by Crippen LogP contribution is -2.27. The van der Waals surface area contributed by atoms with Crippen LogP contribution in [-0.4, -0.2) is 19.9 Å². The lowest BCUT2D eigenvalue weighted by atomic mass is 9.70. The van der Waals surface area contributed by atoms with Gasteiger partial charge in [-0.1, -0.05) is 12.5 Å². The molecule has 0 saturated carbocycles. The van der Waals surface area contributed by atoms with Crippen LogP contribution in [0.3, 0.4) is 0 Å². The van der Waals surface area contributed by atoms with E-state index in [1.807, 2.05) is 16.3 Å². The normalized spacial score (nSPS) is 20.5. The smallest absolute Gasteiger partial charge is 0.123 e. The third-order valence-corrected chi connectivity index (χ3v) is 6.10. The molecule has 0 fully saturated rings. The van der Waals surface area contributed by atoms with Crippen LogP contribution in [0.2, 0.25) is 0 Å². The van der Waals surface area contributed by atoms with E-state index in [0.29, 0.717) is 6.42 Å². The maximum atomic E-state index is 13.2. The van der Waals surface area contributed by atoms with Gasteiger partial charge in [0.05, 0.1) is 17.6 Å². The predicted molar refractivity (Wildman–Crippen MR) is 101 cm³/mol. The van der Waals surface area contributed by atoms with E-state index in [2.05, 4.69) is 30.0 Å². The molecule has 0 radical (unpaired) electrons. The van der Waals surface area contributed by atoms with Gasteiger partial charge in [-0.25, -0.2) is 14.1 Å².